The van der Waals surface area contributed by atoms with Crippen molar-refractivity contribution in [2.75, 3.05) is 0 Å². The van der Waals surface area contributed by atoms with Gasteiger partial charge in [-0.15, -0.1) is 11.3 Å². The van der Waals surface area contributed by atoms with Crippen LogP contribution in [-0.2, 0) is 0 Å². The molecule has 0 amide bonds. The van der Waals surface area contributed by atoms with Gasteiger partial charge in [-0.2, -0.15) is 0 Å². The van der Waals surface area contributed by atoms with E-state index in [2.05, 4.69) is 11.1 Å². The molecule has 84 valence electrons. The average molecular weight is 243 g/mol. The van der Waals surface area contributed by atoms with Crippen LogP contribution >= 0.6 is 11.3 Å². The quantitative estimate of drug-likeness (QED) is 0.722. The van der Waals surface area contributed by atoms with Crippen molar-refractivity contribution in [3.8, 4) is 11.1 Å². The van der Waals surface area contributed by atoms with Crippen molar-refractivity contribution in [3.05, 3.63) is 46.8 Å². The fourth-order valence-electron chi connectivity index (χ4n) is 1.83. The summed E-state index contributed by atoms with van der Waals surface area (Å²) in [5.74, 6) is -0.871. The highest BCUT2D eigenvalue weighted by molar-refractivity contribution is 7.12. The number of thiophene rings is 1. The van der Waals surface area contributed by atoms with Crippen LogP contribution in [0, 0.1) is 0 Å². The number of fused-ring (bicyclic) bond motifs is 1. The van der Waals surface area contributed by atoms with Gasteiger partial charge in [-0.25, -0.2) is 4.79 Å². The van der Waals surface area contributed by atoms with Crippen molar-refractivity contribution in [2.45, 2.75) is 0 Å². The maximum absolute atomic E-state index is 10.8. The number of benzene rings is 1. The Hall–Kier alpha value is -2.07. The van der Waals surface area contributed by atoms with Crippen molar-refractivity contribution >= 4 is 28.2 Å². The normalized spacial score (nSPS) is 10.8. The van der Waals surface area contributed by atoms with Crippen LogP contribution in [0.1, 0.15) is 9.67 Å². The lowest BCUT2D eigenvalue weighted by Crippen LogP contribution is -1.89. The fraction of sp³-hybridized carbons (Fsp3) is 0. The second-order valence-electron chi connectivity index (χ2n) is 3.78. The number of hydrogen-bond donors (Lipinski definition) is 2. The first-order valence-corrected chi connectivity index (χ1v) is 6.01. The third-order valence-corrected chi connectivity index (χ3v) is 3.62. The van der Waals surface area contributed by atoms with Gasteiger partial charge in [-0.3, -0.25) is 0 Å². The number of carboxylic acid groups (broad SMARTS) is 1. The van der Waals surface area contributed by atoms with E-state index in [1.807, 2.05) is 29.8 Å². The smallest absolute Gasteiger partial charge is 0.345 e. The number of aromatic amines is 1. The molecule has 0 fully saturated rings. The van der Waals surface area contributed by atoms with Gasteiger partial charge in [0.1, 0.15) is 4.88 Å². The van der Waals surface area contributed by atoms with Gasteiger partial charge in [0.2, 0.25) is 0 Å². The number of H-pyrrole nitrogens is 1. The molecule has 2 aromatic heterocycles. The Kier molecular flexibility index (Phi) is 2.23. The van der Waals surface area contributed by atoms with Crippen LogP contribution in [0.5, 0.6) is 0 Å². The molecule has 0 bridgehead atoms. The number of aromatic carboxylic acids is 1. The van der Waals surface area contributed by atoms with Crippen LogP contribution in [-0.4, -0.2) is 16.1 Å². The summed E-state index contributed by atoms with van der Waals surface area (Å²) in [5.41, 5.74) is 3.08. The Morgan fingerprint density at radius 3 is 2.82 bits per heavy atom. The van der Waals surface area contributed by atoms with Gasteiger partial charge in [0.05, 0.1) is 0 Å². The predicted octanol–water partition coefficient (Wildman–Crippen LogP) is 3.59. The Balaban J connectivity index is 2.09. The molecule has 0 saturated carbocycles. The minimum Gasteiger partial charge on any atom is -0.477 e. The Morgan fingerprint density at radius 1 is 1.18 bits per heavy atom. The first kappa shape index (κ1) is 10.1. The average Bonchev–Trinajstić information content (AvgIpc) is 2.97. The van der Waals surface area contributed by atoms with Gasteiger partial charge in [-0.05, 0) is 46.2 Å². The minimum atomic E-state index is -0.871. The Morgan fingerprint density at radius 2 is 2.06 bits per heavy atom. The van der Waals surface area contributed by atoms with Crippen LogP contribution in [0.2, 0.25) is 0 Å². The van der Waals surface area contributed by atoms with Crippen molar-refractivity contribution in [3.63, 3.8) is 0 Å². The molecule has 3 nitrogen and oxygen atoms in total. The minimum absolute atomic E-state index is 0.370. The molecule has 0 spiro atoms. The third-order valence-electron chi connectivity index (χ3n) is 2.70. The Bertz CT molecular complexity index is 696. The van der Waals surface area contributed by atoms with E-state index in [-0.39, 0.29) is 0 Å². The second-order valence-corrected chi connectivity index (χ2v) is 4.70. The van der Waals surface area contributed by atoms with Crippen LogP contribution in [0.3, 0.4) is 0 Å². The first-order valence-electron chi connectivity index (χ1n) is 5.13. The summed E-state index contributed by atoms with van der Waals surface area (Å²) in [6.45, 7) is 0. The van der Waals surface area contributed by atoms with E-state index in [1.54, 1.807) is 6.07 Å². The summed E-state index contributed by atoms with van der Waals surface area (Å²) in [7, 11) is 0. The molecule has 2 N–H and O–H groups in total. The van der Waals surface area contributed by atoms with E-state index in [1.165, 1.54) is 11.3 Å². The van der Waals surface area contributed by atoms with Crippen molar-refractivity contribution in [2.24, 2.45) is 0 Å². The number of aromatic nitrogens is 1. The van der Waals surface area contributed by atoms with Crippen molar-refractivity contribution in [1.82, 2.24) is 4.98 Å². The SMILES string of the molecule is O=C(O)c1cc(-c2ccc3[nH]ccc3c2)cs1. The maximum Gasteiger partial charge on any atom is 0.345 e. The van der Waals surface area contributed by atoms with Gasteiger partial charge in [0.25, 0.3) is 0 Å². The lowest BCUT2D eigenvalue weighted by molar-refractivity contribution is 0.0702. The molecule has 0 radical (unpaired) electrons. The zero-order valence-electron chi connectivity index (χ0n) is 8.81. The summed E-state index contributed by atoms with van der Waals surface area (Å²) in [6.07, 6.45) is 1.89. The molecular weight excluding hydrogens is 234 g/mol. The highest BCUT2D eigenvalue weighted by atomic mass is 32.1. The largest absolute Gasteiger partial charge is 0.477 e. The zero-order chi connectivity index (χ0) is 11.8. The molecule has 17 heavy (non-hydrogen) atoms. The van der Waals surface area contributed by atoms with Crippen LogP contribution in [0.25, 0.3) is 22.0 Å². The van der Waals surface area contributed by atoms with Crippen LogP contribution in [0.15, 0.2) is 41.9 Å². The molecule has 0 atom stereocenters. The first-order chi connectivity index (χ1) is 8.24. The summed E-state index contributed by atoms with van der Waals surface area (Å²) in [5, 5.41) is 11.9. The van der Waals surface area contributed by atoms with Crippen LogP contribution < -0.4 is 0 Å². The van der Waals surface area contributed by atoms with Crippen molar-refractivity contribution < 1.29 is 9.90 Å². The third kappa shape index (κ3) is 1.72. The van der Waals surface area contributed by atoms with E-state index in [4.69, 9.17) is 5.11 Å². The number of carbonyl (C=O) groups is 1. The summed E-state index contributed by atoms with van der Waals surface area (Å²) < 4.78 is 0. The number of carboxylic acids is 1. The summed E-state index contributed by atoms with van der Waals surface area (Å²) in [6, 6.07) is 9.76. The molecule has 0 aliphatic heterocycles. The van der Waals surface area contributed by atoms with Gasteiger partial charge in [-0.1, -0.05) is 6.07 Å². The van der Waals surface area contributed by atoms with E-state index in [9.17, 15) is 4.79 Å². The zero-order valence-corrected chi connectivity index (χ0v) is 9.62. The Labute approximate surface area is 101 Å². The monoisotopic (exact) mass is 243 g/mol. The number of hydrogen-bond acceptors (Lipinski definition) is 2. The molecule has 0 saturated heterocycles. The maximum atomic E-state index is 10.8. The lowest BCUT2D eigenvalue weighted by Gasteiger charge is -1.97. The standard InChI is InChI=1S/C13H9NO2S/c15-13(16)12-6-10(7-17-12)8-1-2-11-9(5-8)3-4-14-11/h1-7,14H,(H,15,16). The molecule has 0 unspecified atom stereocenters. The van der Waals surface area contributed by atoms with E-state index in [0.717, 1.165) is 22.0 Å². The lowest BCUT2D eigenvalue weighted by atomic mass is 10.1. The summed E-state index contributed by atoms with van der Waals surface area (Å²) in [4.78, 5) is 14.3. The molecule has 1 aromatic carbocycles. The molecule has 3 rings (SSSR count). The highest BCUT2D eigenvalue weighted by Crippen LogP contribution is 2.28. The fourth-order valence-corrected chi connectivity index (χ4v) is 2.59. The van der Waals surface area contributed by atoms with Gasteiger partial charge in [0.15, 0.2) is 0 Å². The molecule has 0 aliphatic rings. The molecule has 0 aliphatic carbocycles. The second kappa shape index (κ2) is 3.75. The molecule has 3 aromatic rings. The topological polar surface area (TPSA) is 53.1 Å². The van der Waals surface area contributed by atoms with Crippen molar-refractivity contribution in [1.29, 1.82) is 0 Å². The number of nitrogens with one attached hydrogen (secondary N) is 1. The number of rotatable bonds is 2. The van der Waals surface area contributed by atoms with Gasteiger partial charge >= 0.3 is 5.97 Å². The van der Waals surface area contributed by atoms with E-state index in [0.29, 0.717) is 4.88 Å². The van der Waals surface area contributed by atoms with E-state index < -0.39 is 5.97 Å². The predicted molar refractivity (Wildman–Crippen MR) is 68.6 cm³/mol. The van der Waals surface area contributed by atoms with Gasteiger partial charge in [0, 0.05) is 11.7 Å². The molecule has 4 heteroatoms. The summed E-state index contributed by atoms with van der Waals surface area (Å²) >= 11 is 1.25. The highest BCUT2D eigenvalue weighted by Gasteiger charge is 2.08. The molecule has 2 heterocycles. The van der Waals surface area contributed by atoms with Crippen LogP contribution in [0.4, 0.5) is 0 Å². The van der Waals surface area contributed by atoms with E-state index >= 15 is 0 Å². The van der Waals surface area contributed by atoms with Gasteiger partial charge < -0.3 is 10.1 Å². The molecular formula is C13H9NO2S.